The number of fused-ring (bicyclic) bond motifs is 1. The van der Waals surface area contributed by atoms with Gasteiger partial charge in [0.2, 0.25) is 0 Å². The van der Waals surface area contributed by atoms with Crippen molar-refractivity contribution in [3.05, 3.63) is 96.1 Å². The molecule has 0 saturated carbocycles. The number of hydrogen-bond donors (Lipinski definition) is 1. The first kappa shape index (κ1) is 25.2. The summed E-state index contributed by atoms with van der Waals surface area (Å²) in [6.07, 6.45) is 0.692. The molecule has 0 bridgehead atoms. The molecule has 0 saturated heterocycles. The van der Waals surface area contributed by atoms with Gasteiger partial charge in [-0.15, -0.1) is 0 Å². The predicted octanol–water partition coefficient (Wildman–Crippen LogP) is 4.99. The summed E-state index contributed by atoms with van der Waals surface area (Å²) in [4.78, 5) is 25.0. The fourth-order valence-corrected chi connectivity index (χ4v) is 3.54. The van der Waals surface area contributed by atoms with Crippen LogP contribution in [0.25, 0.3) is 10.8 Å². The number of methoxy groups -OCH3 is 2. The van der Waals surface area contributed by atoms with E-state index in [1.807, 2.05) is 42.5 Å². The molecule has 8 nitrogen and oxygen atoms in total. The van der Waals surface area contributed by atoms with Gasteiger partial charge in [0.25, 0.3) is 5.91 Å². The average Bonchev–Trinajstić information content (AvgIpc) is 2.93. The number of esters is 1. The summed E-state index contributed by atoms with van der Waals surface area (Å²) in [5, 5.41) is 5.97. The van der Waals surface area contributed by atoms with Gasteiger partial charge in [0, 0.05) is 5.39 Å². The number of rotatable bonds is 9. The minimum atomic E-state index is -0.766. The quantitative estimate of drug-likeness (QED) is 0.151. The van der Waals surface area contributed by atoms with E-state index in [0.29, 0.717) is 28.4 Å². The van der Waals surface area contributed by atoms with E-state index in [9.17, 15) is 9.59 Å². The first-order valence-electron chi connectivity index (χ1n) is 11.5. The lowest BCUT2D eigenvalue weighted by molar-refractivity contribution is -0.127. The number of hydrogen-bond acceptors (Lipinski definition) is 7. The van der Waals surface area contributed by atoms with Crippen LogP contribution in [-0.4, -0.2) is 38.4 Å². The topological polar surface area (TPSA) is 95.5 Å². The summed E-state index contributed by atoms with van der Waals surface area (Å²) in [5.74, 6) is 0.913. The first-order chi connectivity index (χ1) is 18.0. The number of nitrogens with one attached hydrogen (secondary N) is 1. The lowest BCUT2D eigenvalue weighted by Gasteiger charge is -2.14. The van der Waals surface area contributed by atoms with Gasteiger partial charge in [0.1, 0.15) is 11.5 Å². The molecule has 8 heteroatoms. The number of nitrogens with zero attached hydrogens (tertiary/aromatic N) is 1. The van der Waals surface area contributed by atoms with Crippen LogP contribution in [0.3, 0.4) is 0 Å². The van der Waals surface area contributed by atoms with E-state index >= 15 is 0 Å². The lowest BCUT2D eigenvalue weighted by Crippen LogP contribution is -2.33. The monoisotopic (exact) mass is 498 g/mol. The molecule has 1 amide bonds. The smallest absolute Gasteiger partial charge is 0.343 e. The zero-order valence-corrected chi connectivity index (χ0v) is 20.6. The van der Waals surface area contributed by atoms with Gasteiger partial charge in [-0.2, -0.15) is 5.10 Å². The first-order valence-corrected chi connectivity index (χ1v) is 11.5. The zero-order valence-electron chi connectivity index (χ0n) is 20.6. The van der Waals surface area contributed by atoms with E-state index in [0.717, 1.165) is 10.8 Å². The third-order valence-corrected chi connectivity index (χ3v) is 5.53. The van der Waals surface area contributed by atoms with Crippen molar-refractivity contribution < 1.29 is 28.5 Å². The van der Waals surface area contributed by atoms with Crippen LogP contribution in [0.1, 0.15) is 22.8 Å². The van der Waals surface area contributed by atoms with E-state index in [1.54, 1.807) is 56.5 Å². The summed E-state index contributed by atoms with van der Waals surface area (Å²) in [5.41, 5.74) is 3.48. The van der Waals surface area contributed by atoms with Crippen molar-refractivity contribution in [3.8, 4) is 23.0 Å². The van der Waals surface area contributed by atoms with Crippen LogP contribution in [0, 0.1) is 0 Å². The van der Waals surface area contributed by atoms with Crippen LogP contribution in [-0.2, 0) is 4.79 Å². The predicted molar refractivity (Wildman–Crippen MR) is 141 cm³/mol. The average molecular weight is 499 g/mol. The molecule has 0 aliphatic carbocycles. The summed E-state index contributed by atoms with van der Waals surface area (Å²) in [6, 6.07) is 25.0. The third-order valence-electron chi connectivity index (χ3n) is 5.53. The Morgan fingerprint density at radius 1 is 0.838 bits per heavy atom. The molecule has 0 aliphatic heterocycles. The number of ether oxygens (including phenoxy) is 4. The largest absolute Gasteiger partial charge is 0.497 e. The zero-order chi connectivity index (χ0) is 26.2. The molecular weight excluding hydrogens is 472 g/mol. The summed E-state index contributed by atoms with van der Waals surface area (Å²) in [6.45, 7) is 1.65. The Bertz CT molecular complexity index is 1430. The van der Waals surface area contributed by atoms with E-state index in [4.69, 9.17) is 18.9 Å². The maximum absolute atomic E-state index is 12.5. The number of hydrazone groups is 1. The molecule has 1 N–H and O–H groups in total. The fraction of sp³-hybridized carbons (Fsp3) is 0.138. The Labute approximate surface area is 214 Å². The van der Waals surface area contributed by atoms with Crippen molar-refractivity contribution in [3.63, 3.8) is 0 Å². The van der Waals surface area contributed by atoms with Crippen LogP contribution in [0.5, 0.6) is 23.0 Å². The highest BCUT2D eigenvalue weighted by atomic mass is 16.6. The molecule has 4 aromatic carbocycles. The van der Waals surface area contributed by atoms with Crippen molar-refractivity contribution in [1.29, 1.82) is 0 Å². The van der Waals surface area contributed by atoms with Crippen molar-refractivity contribution in [2.45, 2.75) is 13.0 Å². The van der Waals surface area contributed by atoms with Gasteiger partial charge < -0.3 is 18.9 Å². The molecule has 0 aliphatic rings. The molecule has 0 heterocycles. The van der Waals surface area contributed by atoms with Crippen LogP contribution in [0.2, 0.25) is 0 Å². The molecule has 0 radical (unpaired) electrons. The summed E-state index contributed by atoms with van der Waals surface area (Å²) in [7, 11) is 3.02. The van der Waals surface area contributed by atoms with Gasteiger partial charge in [-0.1, -0.05) is 36.4 Å². The Hall–Kier alpha value is -4.85. The number of benzene rings is 4. The van der Waals surface area contributed by atoms with E-state index in [1.165, 1.54) is 13.3 Å². The molecule has 4 rings (SSSR count). The molecule has 188 valence electrons. The van der Waals surface area contributed by atoms with E-state index < -0.39 is 18.0 Å². The van der Waals surface area contributed by atoms with Crippen LogP contribution >= 0.6 is 0 Å². The van der Waals surface area contributed by atoms with Crippen molar-refractivity contribution >= 4 is 28.9 Å². The van der Waals surface area contributed by atoms with Gasteiger partial charge in [-0.25, -0.2) is 10.2 Å². The highest BCUT2D eigenvalue weighted by Gasteiger charge is 2.16. The van der Waals surface area contributed by atoms with Gasteiger partial charge in [0.15, 0.2) is 17.6 Å². The maximum Gasteiger partial charge on any atom is 0.343 e. The highest BCUT2D eigenvalue weighted by molar-refractivity contribution is 5.92. The number of amides is 1. The van der Waals surface area contributed by atoms with Gasteiger partial charge >= 0.3 is 5.97 Å². The van der Waals surface area contributed by atoms with Crippen LogP contribution in [0.15, 0.2) is 90.0 Å². The third kappa shape index (κ3) is 6.24. The molecule has 0 aromatic heterocycles. The molecule has 4 aromatic rings. The standard InChI is InChI=1S/C29H26N2O6/c1-19(36-25-10-6-8-21-7-4-5-9-24(21)25)28(32)31-30-18-20-11-16-26(27(17-20)35-3)37-29(33)22-12-14-23(34-2)15-13-22/h4-19H,1-3H3,(H,31,32). The summed E-state index contributed by atoms with van der Waals surface area (Å²) < 4.78 is 21.8. The van der Waals surface area contributed by atoms with E-state index in [2.05, 4.69) is 10.5 Å². The minimum Gasteiger partial charge on any atom is -0.497 e. The molecular formula is C29H26N2O6. The van der Waals surface area contributed by atoms with Crippen molar-refractivity contribution in [1.82, 2.24) is 5.43 Å². The molecule has 0 fully saturated rings. The minimum absolute atomic E-state index is 0.251. The SMILES string of the molecule is COc1ccc(C(=O)Oc2ccc(C=NNC(=O)C(C)Oc3cccc4ccccc34)cc2OC)cc1. The second-order valence-corrected chi connectivity index (χ2v) is 8.00. The Kier molecular flexibility index (Phi) is 8.00. The Morgan fingerprint density at radius 2 is 1.59 bits per heavy atom. The lowest BCUT2D eigenvalue weighted by atomic mass is 10.1. The Morgan fingerprint density at radius 3 is 2.35 bits per heavy atom. The van der Waals surface area contributed by atoms with Crippen molar-refractivity contribution in [2.75, 3.05) is 14.2 Å². The number of carbonyl (C=O) groups is 2. The van der Waals surface area contributed by atoms with Crippen LogP contribution in [0.4, 0.5) is 0 Å². The summed E-state index contributed by atoms with van der Waals surface area (Å²) >= 11 is 0. The highest BCUT2D eigenvalue weighted by Crippen LogP contribution is 2.29. The fourth-order valence-electron chi connectivity index (χ4n) is 3.54. The molecule has 37 heavy (non-hydrogen) atoms. The van der Waals surface area contributed by atoms with Crippen molar-refractivity contribution in [2.24, 2.45) is 5.10 Å². The van der Waals surface area contributed by atoms with Gasteiger partial charge in [0.05, 0.1) is 26.0 Å². The number of carbonyl (C=O) groups excluding carboxylic acids is 2. The van der Waals surface area contributed by atoms with Gasteiger partial charge in [-0.05, 0) is 66.4 Å². The molecule has 1 atom stereocenters. The molecule has 1 unspecified atom stereocenters. The second kappa shape index (κ2) is 11.7. The Balaban J connectivity index is 1.37. The maximum atomic E-state index is 12.5. The second-order valence-electron chi connectivity index (χ2n) is 8.00. The molecule has 0 spiro atoms. The van der Waals surface area contributed by atoms with E-state index in [-0.39, 0.29) is 5.75 Å². The normalized spacial score (nSPS) is 11.6. The van der Waals surface area contributed by atoms with Gasteiger partial charge in [-0.3, -0.25) is 4.79 Å². The van der Waals surface area contributed by atoms with Crippen LogP contribution < -0.4 is 24.4 Å².